The van der Waals surface area contributed by atoms with E-state index >= 15 is 0 Å². The van der Waals surface area contributed by atoms with Crippen LogP contribution in [0.3, 0.4) is 0 Å². The number of hydrogen-bond acceptors (Lipinski definition) is 2. The van der Waals surface area contributed by atoms with Crippen LogP contribution in [0.15, 0.2) is 48.5 Å². The lowest BCUT2D eigenvalue weighted by Crippen LogP contribution is -2.44. The predicted octanol–water partition coefficient (Wildman–Crippen LogP) is 5.19. The molecule has 2 amide bonds. The number of carbonyl (C=O) groups is 1. The second-order valence-corrected chi connectivity index (χ2v) is 7.32. The highest BCUT2D eigenvalue weighted by Crippen LogP contribution is 2.38. The molecule has 168 valence electrons. The molecule has 1 fully saturated rings. The number of hydrogen-bond donors (Lipinski definition) is 2. The van der Waals surface area contributed by atoms with Crippen molar-refractivity contribution in [2.24, 2.45) is 0 Å². The van der Waals surface area contributed by atoms with E-state index in [1.54, 1.807) is 30.3 Å². The van der Waals surface area contributed by atoms with Gasteiger partial charge in [0.15, 0.2) is 0 Å². The highest BCUT2D eigenvalue weighted by atomic mass is 19.4. The van der Waals surface area contributed by atoms with Crippen molar-refractivity contribution in [3.05, 3.63) is 65.2 Å². The van der Waals surface area contributed by atoms with E-state index in [1.807, 2.05) is 0 Å². The van der Waals surface area contributed by atoms with Crippen LogP contribution in [0.1, 0.15) is 29.5 Å². The van der Waals surface area contributed by atoms with Crippen LogP contribution >= 0.6 is 0 Å². The van der Waals surface area contributed by atoms with E-state index in [0.29, 0.717) is 17.7 Å². The number of halogens is 6. The van der Waals surface area contributed by atoms with Gasteiger partial charge in [0.1, 0.15) is 0 Å². The molecule has 3 rings (SSSR count). The van der Waals surface area contributed by atoms with E-state index in [1.165, 1.54) is 0 Å². The second kappa shape index (κ2) is 9.17. The number of benzene rings is 2. The van der Waals surface area contributed by atoms with E-state index in [2.05, 4.69) is 10.6 Å². The lowest BCUT2D eigenvalue weighted by atomic mass is 10.1. The molecule has 1 saturated heterocycles. The van der Waals surface area contributed by atoms with Gasteiger partial charge in [0.25, 0.3) is 0 Å². The molecule has 31 heavy (non-hydrogen) atoms. The number of carbonyl (C=O) groups excluding carboxylic acids is 1. The van der Waals surface area contributed by atoms with Gasteiger partial charge in [-0.15, -0.1) is 0 Å². The van der Waals surface area contributed by atoms with Crippen molar-refractivity contribution in [2.75, 3.05) is 18.0 Å². The number of alkyl halides is 6. The third kappa shape index (κ3) is 6.13. The van der Waals surface area contributed by atoms with Gasteiger partial charge in [-0.05, 0) is 43.1 Å². The van der Waals surface area contributed by atoms with Gasteiger partial charge in [-0.3, -0.25) is 4.90 Å². The van der Waals surface area contributed by atoms with Crippen molar-refractivity contribution in [1.82, 2.24) is 10.6 Å². The maximum Gasteiger partial charge on any atom is 0.416 e. The molecule has 0 radical (unpaired) electrons. The molecular formula is C21H21F6N3O. The van der Waals surface area contributed by atoms with Crippen LogP contribution in [0.25, 0.3) is 0 Å². The Balaban J connectivity index is 1.97. The van der Waals surface area contributed by atoms with Crippen molar-refractivity contribution in [3.8, 4) is 0 Å². The third-order valence-corrected chi connectivity index (χ3v) is 4.97. The second-order valence-electron chi connectivity index (χ2n) is 7.32. The minimum absolute atomic E-state index is 0.00905. The van der Waals surface area contributed by atoms with Crippen LogP contribution < -0.4 is 15.5 Å². The van der Waals surface area contributed by atoms with Crippen LogP contribution in [0.4, 0.5) is 36.8 Å². The van der Waals surface area contributed by atoms with Gasteiger partial charge in [0.2, 0.25) is 0 Å². The fraction of sp³-hybridized carbons (Fsp3) is 0.381. The number of nitrogens with one attached hydrogen (secondary N) is 2. The molecule has 0 aromatic heterocycles. The van der Waals surface area contributed by atoms with E-state index in [0.717, 1.165) is 24.3 Å². The molecular weight excluding hydrogens is 424 g/mol. The van der Waals surface area contributed by atoms with E-state index in [4.69, 9.17) is 0 Å². The molecule has 2 aromatic carbocycles. The van der Waals surface area contributed by atoms with Crippen LogP contribution in [0, 0.1) is 0 Å². The molecule has 0 saturated carbocycles. The van der Waals surface area contributed by atoms with Gasteiger partial charge in [0, 0.05) is 18.3 Å². The molecule has 1 aliphatic heterocycles. The molecule has 0 aliphatic carbocycles. The summed E-state index contributed by atoms with van der Waals surface area (Å²) in [6, 6.07) is 8.73. The van der Waals surface area contributed by atoms with Crippen LogP contribution in [0.5, 0.6) is 0 Å². The molecule has 1 atom stereocenters. The summed E-state index contributed by atoms with van der Waals surface area (Å²) in [6.07, 6.45) is -8.26. The first kappa shape index (κ1) is 22.9. The van der Waals surface area contributed by atoms with Gasteiger partial charge in [-0.25, -0.2) is 4.79 Å². The lowest BCUT2D eigenvalue weighted by molar-refractivity contribution is -0.143. The number of anilines is 1. The molecule has 10 heteroatoms. The van der Waals surface area contributed by atoms with Gasteiger partial charge in [-0.1, -0.05) is 30.3 Å². The first-order valence-electron chi connectivity index (χ1n) is 9.66. The van der Waals surface area contributed by atoms with Crippen LogP contribution in [-0.4, -0.2) is 25.2 Å². The molecule has 1 aliphatic rings. The summed E-state index contributed by atoms with van der Waals surface area (Å²) in [6.45, 7) is 0.815. The van der Waals surface area contributed by atoms with Crippen molar-refractivity contribution < 1.29 is 31.1 Å². The molecule has 0 spiro atoms. The number of urea groups is 1. The molecule has 1 heterocycles. The van der Waals surface area contributed by atoms with Gasteiger partial charge in [-0.2, -0.15) is 26.3 Å². The summed E-state index contributed by atoms with van der Waals surface area (Å²) in [5.41, 5.74) is -2.87. The minimum atomic E-state index is -5.00. The van der Waals surface area contributed by atoms with Gasteiger partial charge in [0.05, 0.1) is 17.7 Å². The summed E-state index contributed by atoms with van der Waals surface area (Å²) >= 11 is 0. The summed E-state index contributed by atoms with van der Waals surface area (Å²) in [5, 5.41) is 5.79. The fourth-order valence-corrected chi connectivity index (χ4v) is 3.38. The summed E-state index contributed by atoms with van der Waals surface area (Å²) in [5.74, 6) is 0. The molecule has 4 nitrogen and oxygen atoms in total. The Labute approximate surface area is 175 Å². The first-order valence-corrected chi connectivity index (χ1v) is 9.66. The predicted molar refractivity (Wildman–Crippen MR) is 103 cm³/mol. The van der Waals surface area contributed by atoms with Gasteiger partial charge >= 0.3 is 18.4 Å². The highest BCUT2D eigenvalue weighted by Gasteiger charge is 2.38. The third-order valence-electron chi connectivity index (χ3n) is 4.97. The van der Waals surface area contributed by atoms with Crippen molar-refractivity contribution in [2.45, 2.75) is 37.8 Å². The average Bonchev–Trinajstić information content (AvgIpc) is 3.23. The van der Waals surface area contributed by atoms with Crippen molar-refractivity contribution in [1.29, 1.82) is 0 Å². The first-order chi connectivity index (χ1) is 14.5. The molecule has 2 aromatic rings. The number of amides is 2. The van der Waals surface area contributed by atoms with Crippen LogP contribution in [-0.2, 0) is 18.9 Å². The van der Waals surface area contributed by atoms with Crippen LogP contribution in [0.2, 0.25) is 0 Å². The Morgan fingerprint density at radius 3 is 2.13 bits per heavy atom. The number of nitrogens with zero attached hydrogens (tertiary/aromatic N) is 1. The topological polar surface area (TPSA) is 44.4 Å². The fourth-order valence-electron chi connectivity index (χ4n) is 3.38. The smallest absolute Gasteiger partial charge is 0.336 e. The largest absolute Gasteiger partial charge is 0.416 e. The highest BCUT2D eigenvalue weighted by molar-refractivity contribution is 5.92. The standard InChI is InChI=1S/C21H21F6N3O/c22-20(23,24)15-9-16(21(25,26)27)11-18(10-15)30(13-14-5-2-1-3-6-14)19(31)29-12-17-7-4-8-28-17/h1-3,5-6,9-11,17,28H,4,7-8,12-13H2,(H,29,31)/t17-/m0/s1. The van der Waals surface area contributed by atoms with E-state index < -0.39 is 35.2 Å². The van der Waals surface area contributed by atoms with Crippen molar-refractivity contribution >= 4 is 11.7 Å². The normalized spacial score (nSPS) is 16.9. The SMILES string of the molecule is O=C(NC[C@@H]1CCCN1)N(Cc1ccccc1)c1cc(C(F)(F)F)cc(C(F)(F)F)c1. The Morgan fingerprint density at radius 1 is 1.00 bits per heavy atom. The van der Waals surface area contributed by atoms with E-state index in [9.17, 15) is 31.1 Å². The quantitative estimate of drug-likeness (QED) is 0.622. The molecule has 0 bridgehead atoms. The van der Waals surface area contributed by atoms with E-state index in [-0.39, 0.29) is 25.2 Å². The maximum absolute atomic E-state index is 13.3. The lowest BCUT2D eigenvalue weighted by Gasteiger charge is -2.26. The Bertz CT molecular complexity index is 860. The maximum atomic E-state index is 13.3. The summed E-state index contributed by atoms with van der Waals surface area (Å²) in [7, 11) is 0. The zero-order valence-electron chi connectivity index (χ0n) is 16.4. The zero-order valence-corrected chi connectivity index (χ0v) is 16.4. The van der Waals surface area contributed by atoms with Crippen molar-refractivity contribution in [3.63, 3.8) is 0 Å². The Hall–Kier alpha value is -2.75. The number of rotatable bonds is 5. The summed E-state index contributed by atoms with van der Waals surface area (Å²) < 4.78 is 79.7. The Morgan fingerprint density at radius 2 is 1.61 bits per heavy atom. The average molecular weight is 445 g/mol. The minimum Gasteiger partial charge on any atom is -0.336 e. The summed E-state index contributed by atoms with van der Waals surface area (Å²) in [4.78, 5) is 13.7. The molecule has 2 N–H and O–H groups in total. The molecule has 0 unspecified atom stereocenters. The zero-order chi connectivity index (χ0) is 22.6. The van der Waals surface area contributed by atoms with Gasteiger partial charge < -0.3 is 10.6 Å². The Kier molecular flexibility index (Phi) is 6.78. The monoisotopic (exact) mass is 445 g/mol.